The van der Waals surface area contributed by atoms with Crippen LogP contribution in [-0.4, -0.2) is 23.4 Å². The average molecular weight is 622 g/mol. The van der Waals surface area contributed by atoms with Crippen LogP contribution in [0.25, 0.3) is 0 Å². The molecule has 0 aromatic rings. The van der Waals surface area contributed by atoms with Crippen LogP contribution in [0.1, 0.15) is 0 Å². The van der Waals surface area contributed by atoms with Gasteiger partial charge in [-0.15, -0.1) is 0 Å². The van der Waals surface area contributed by atoms with Gasteiger partial charge in [-0.05, 0) is 5.57 Å². The first-order chi connectivity index (χ1) is 2.81. The Bertz CT molecular complexity index is 50.0. The molecule has 0 aromatic heterocycles. The molecular formula is C4H8O2Rf2. The third-order valence-corrected chi connectivity index (χ3v) is 0.447. The second-order valence-corrected chi connectivity index (χ2v) is 1.07. The van der Waals surface area contributed by atoms with E-state index in [9.17, 15) is 0 Å². The fourth-order valence-electron chi connectivity index (χ4n) is 0.0500. The quantitative estimate of drug-likeness (QED) is 0.410. The van der Waals surface area contributed by atoms with E-state index < -0.39 is 0 Å². The molecule has 0 heterocycles. The Morgan fingerprint density at radius 2 is 1.38 bits per heavy atom. The molecule has 0 spiro atoms. The summed E-state index contributed by atoms with van der Waals surface area (Å²) in [6.45, 7) is 3.06. The van der Waals surface area contributed by atoms with Gasteiger partial charge in [0.15, 0.2) is 0 Å². The summed E-state index contributed by atoms with van der Waals surface area (Å²) in [7, 11) is 0. The van der Waals surface area contributed by atoms with E-state index in [0.717, 1.165) is 0 Å². The van der Waals surface area contributed by atoms with E-state index in [-0.39, 0.29) is 13.2 Å². The standard InChI is InChI=1S/C4H8O2.2Rf/c1-4(2-5)3-6;;/h5-6H,1-3H2;;. The molecule has 0 saturated carbocycles. The summed E-state index contributed by atoms with van der Waals surface area (Å²) in [6.07, 6.45) is 0. The Morgan fingerprint density at radius 3 is 1.38 bits per heavy atom. The largest absolute Gasteiger partial charge is 0.392 e. The maximum Gasteiger partial charge on any atom is 0.0661 e. The third-order valence-electron chi connectivity index (χ3n) is 0.447. The van der Waals surface area contributed by atoms with Crippen molar-refractivity contribution in [2.45, 2.75) is 0 Å². The molecule has 0 amide bonds. The van der Waals surface area contributed by atoms with Gasteiger partial charge in [0.05, 0.1) is 13.2 Å². The third kappa shape index (κ3) is 9.40. The zero-order chi connectivity index (χ0) is 4.99. The Hall–Kier alpha value is -2.34. The molecule has 4 heteroatoms. The molecule has 2 N–H and O–H groups in total. The first-order valence-electron chi connectivity index (χ1n) is 1.69. The number of rotatable bonds is 2. The average Bonchev–Trinajstić information content (AvgIpc) is 1.65. The number of aliphatic hydroxyl groups excluding tert-OH is 2. The van der Waals surface area contributed by atoms with E-state index in [1.807, 2.05) is 0 Å². The van der Waals surface area contributed by atoms with Crippen LogP contribution in [0.3, 0.4) is 0 Å². The van der Waals surface area contributed by atoms with Crippen LogP contribution in [0, 0.1) is 0 Å². The summed E-state index contributed by atoms with van der Waals surface area (Å²) in [5.41, 5.74) is 0.454. The minimum Gasteiger partial charge on any atom is -0.392 e. The van der Waals surface area contributed by atoms with Gasteiger partial charge in [-0.1, -0.05) is 6.58 Å². The number of aliphatic hydroxyl groups is 2. The van der Waals surface area contributed by atoms with E-state index in [1.54, 1.807) is 0 Å². The van der Waals surface area contributed by atoms with Crippen molar-refractivity contribution in [1.29, 1.82) is 0 Å². The minimum absolute atomic E-state index is 0. The predicted octanol–water partition coefficient (Wildman–Crippen LogP) is -0.473. The van der Waals surface area contributed by atoms with E-state index in [0.29, 0.717) is 5.57 Å². The predicted molar refractivity (Wildman–Crippen MR) is 23.3 cm³/mol. The molecule has 0 unspecified atom stereocenters. The Balaban J connectivity index is -0.000000125. The first kappa shape index (κ1) is 17.4. The summed E-state index contributed by atoms with van der Waals surface area (Å²) < 4.78 is 0. The molecule has 0 bridgehead atoms. The van der Waals surface area contributed by atoms with Crippen LogP contribution in [0.5, 0.6) is 0 Å². The molecule has 0 fully saturated rings. The number of hydrogen-bond donors (Lipinski definition) is 2. The fourth-order valence-corrected chi connectivity index (χ4v) is 0.0500. The molecule has 0 radical (unpaired) electrons. The van der Waals surface area contributed by atoms with Crippen LogP contribution in [-0.2, 0) is 0 Å². The normalized spacial score (nSPS) is 6.25. The Labute approximate surface area is 36.7 Å². The van der Waals surface area contributed by atoms with Gasteiger partial charge in [0.2, 0.25) is 0 Å². The van der Waals surface area contributed by atoms with Crippen LogP contribution >= 0.6 is 0 Å². The molecule has 0 atom stereocenters. The van der Waals surface area contributed by atoms with Crippen molar-refractivity contribution >= 4 is 0 Å². The molecule has 0 aliphatic carbocycles. The summed E-state index contributed by atoms with van der Waals surface area (Å²) in [5.74, 6) is 0. The van der Waals surface area contributed by atoms with Crippen molar-refractivity contribution in [3.63, 3.8) is 0 Å². The topological polar surface area (TPSA) is 40.5 Å². The van der Waals surface area contributed by atoms with E-state index in [1.165, 1.54) is 0 Å². The van der Waals surface area contributed by atoms with Gasteiger partial charge in [0.1, 0.15) is 0 Å². The Morgan fingerprint density at radius 1 is 1.12 bits per heavy atom. The summed E-state index contributed by atoms with van der Waals surface area (Å²) in [6, 6.07) is 0. The van der Waals surface area contributed by atoms with Crippen molar-refractivity contribution in [2.75, 3.05) is 13.2 Å². The molecule has 2 nitrogen and oxygen atoms in total. The molecule has 0 rings (SSSR count). The van der Waals surface area contributed by atoms with Gasteiger partial charge in [-0.25, -0.2) is 0 Å². The van der Waals surface area contributed by atoms with Crippen LogP contribution in [0.15, 0.2) is 12.2 Å². The molecule has 0 aromatic carbocycles. The zero-order valence-corrected chi connectivity index (χ0v) is 17.7. The van der Waals surface area contributed by atoms with Gasteiger partial charge in [-0.2, -0.15) is 0 Å². The van der Waals surface area contributed by atoms with Crippen LogP contribution in [0.4, 0.5) is 0 Å². The maximum atomic E-state index is 8.08. The SMILES string of the molecule is C=C(CO)CO.[Rf].[Rf]. The molecule has 40 valence electrons. The summed E-state index contributed by atoms with van der Waals surface area (Å²) >= 11 is 0. The van der Waals surface area contributed by atoms with Crippen LogP contribution < -0.4 is 0 Å². The van der Waals surface area contributed by atoms with Crippen molar-refractivity contribution in [1.82, 2.24) is 0 Å². The van der Waals surface area contributed by atoms with Crippen molar-refractivity contribution in [2.24, 2.45) is 0 Å². The number of hydrogen-bond acceptors (Lipinski definition) is 2. The van der Waals surface area contributed by atoms with Gasteiger partial charge < -0.3 is 10.2 Å². The van der Waals surface area contributed by atoms with E-state index in [4.69, 9.17) is 10.2 Å². The molecule has 0 saturated heterocycles. The van der Waals surface area contributed by atoms with Gasteiger partial charge >= 0.3 is 0 Å². The maximum absolute atomic E-state index is 8.08. The second-order valence-electron chi connectivity index (χ2n) is 1.07. The van der Waals surface area contributed by atoms with Crippen molar-refractivity contribution < 1.29 is 10.2 Å². The Kier molecular flexibility index (Phi) is 19.2. The minimum atomic E-state index is -0.115. The van der Waals surface area contributed by atoms with Gasteiger partial charge in [0, 0.05) is 0 Å². The second kappa shape index (κ2) is 8.82. The summed E-state index contributed by atoms with van der Waals surface area (Å²) in [5, 5.41) is 16.2. The molecular weight excluding hydrogens is 614 g/mol. The molecule has 8 heavy (non-hydrogen) atoms. The van der Waals surface area contributed by atoms with Crippen LogP contribution in [0.2, 0.25) is 0 Å². The van der Waals surface area contributed by atoms with Gasteiger partial charge in [0.25, 0.3) is 0 Å². The van der Waals surface area contributed by atoms with Crippen molar-refractivity contribution in [3.05, 3.63) is 12.2 Å². The first-order valence-corrected chi connectivity index (χ1v) is 1.69. The molecule has 0 aliphatic rings. The van der Waals surface area contributed by atoms with Gasteiger partial charge in [-0.3, -0.25) is 0 Å². The van der Waals surface area contributed by atoms with E-state index >= 15 is 0 Å². The van der Waals surface area contributed by atoms with E-state index in [2.05, 4.69) is 6.58 Å². The van der Waals surface area contributed by atoms with Crippen molar-refractivity contribution in [3.8, 4) is 0 Å². The monoisotopic (exact) mass is 622 g/mol. The molecule has 0 aliphatic heterocycles. The zero-order valence-electron chi connectivity index (χ0n) is 4.93. The fraction of sp³-hybridized carbons (Fsp3) is 0.500. The smallest absolute Gasteiger partial charge is 0.0661 e. The summed E-state index contributed by atoms with van der Waals surface area (Å²) in [4.78, 5) is 0.